The third-order valence-corrected chi connectivity index (χ3v) is 7.01. The first kappa shape index (κ1) is 31.1. The van der Waals surface area contributed by atoms with Crippen LogP contribution >= 0.6 is 0 Å². The van der Waals surface area contributed by atoms with Gasteiger partial charge in [-0.25, -0.2) is 12.8 Å². The van der Waals surface area contributed by atoms with Crippen LogP contribution in [0.25, 0.3) is 0 Å². The van der Waals surface area contributed by atoms with Crippen molar-refractivity contribution in [1.82, 2.24) is 10.2 Å². The number of hydrogen-bond donors (Lipinski definition) is 1. The first-order chi connectivity index (χ1) is 17.8. The lowest BCUT2D eigenvalue weighted by atomic mass is 10.1. The Morgan fingerprint density at radius 2 is 1.71 bits per heavy atom. The zero-order valence-electron chi connectivity index (χ0n) is 21.6. The fourth-order valence-corrected chi connectivity index (χ4v) is 4.87. The lowest BCUT2D eigenvalue weighted by Crippen LogP contribution is -2.49. The summed E-state index contributed by atoms with van der Waals surface area (Å²) in [6.07, 6.45) is -2.93. The smallest absolute Gasteiger partial charge is 0.354 e. The molecule has 1 N–H and O–H groups in total. The van der Waals surface area contributed by atoms with Crippen LogP contribution in [-0.2, 0) is 32.3 Å². The van der Waals surface area contributed by atoms with Crippen LogP contribution in [-0.4, -0.2) is 50.5 Å². The van der Waals surface area contributed by atoms with Crippen molar-refractivity contribution in [3.05, 3.63) is 65.5 Å². The lowest BCUT2D eigenvalue weighted by Gasteiger charge is -2.31. The summed E-state index contributed by atoms with van der Waals surface area (Å²) in [7, 11) is -3.95. The van der Waals surface area contributed by atoms with Crippen LogP contribution in [0.5, 0.6) is 0 Å². The number of amides is 2. The van der Waals surface area contributed by atoms with E-state index in [1.54, 1.807) is 6.92 Å². The number of carbonyl (C=O) groups excluding carboxylic acids is 2. The van der Waals surface area contributed by atoms with Crippen LogP contribution < -0.4 is 9.62 Å². The van der Waals surface area contributed by atoms with E-state index in [1.807, 2.05) is 6.92 Å². The van der Waals surface area contributed by atoms with E-state index in [4.69, 9.17) is 0 Å². The van der Waals surface area contributed by atoms with Crippen LogP contribution in [0.3, 0.4) is 0 Å². The second-order valence-electron chi connectivity index (χ2n) is 8.85. The summed E-state index contributed by atoms with van der Waals surface area (Å²) in [4.78, 5) is 27.5. The minimum absolute atomic E-state index is 0.00488. The predicted octanol–water partition coefficient (Wildman–Crippen LogP) is 4.72. The van der Waals surface area contributed by atoms with Gasteiger partial charge in [-0.1, -0.05) is 32.0 Å². The summed E-state index contributed by atoms with van der Waals surface area (Å²) in [6.45, 7) is 3.85. The molecule has 0 heterocycles. The van der Waals surface area contributed by atoms with Gasteiger partial charge in [0.15, 0.2) is 0 Å². The van der Waals surface area contributed by atoms with Gasteiger partial charge in [-0.05, 0) is 55.2 Å². The fraction of sp³-hybridized carbons (Fsp3) is 0.462. The molecule has 0 fully saturated rings. The third kappa shape index (κ3) is 9.00. The molecule has 0 bridgehead atoms. The van der Waals surface area contributed by atoms with E-state index >= 15 is 0 Å². The molecule has 38 heavy (non-hydrogen) atoms. The summed E-state index contributed by atoms with van der Waals surface area (Å²) in [5.41, 5.74) is -0.555. The van der Waals surface area contributed by atoms with E-state index in [9.17, 15) is 35.6 Å². The Kier molecular flexibility index (Phi) is 11.1. The summed E-state index contributed by atoms with van der Waals surface area (Å²) in [5, 5.41) is 2.77. The average Bonchev–Trinajstić information content (AvgIpc) is 2.85. The van der Waals surface area contributed by atoms with E-state index in [2.05, 4.69) is 5.32 Å². The normalized spacial score (nSPS) is 12.6. The molecule has 12 heteroatoms. The number of rotatable bonds is 13. The molecule has 0 aliphatic rings. The zero-order chi connectivity index (χ0) is 28.5. The van der Waals surface area contributed by atoms with E-state index in [0.717, 1.165) is 28.8 Å². The molecule has 2 rings (SSSR count). The maximum Gasteiger partial charge on any atom is 0.416 e. The van der Waals surface area contributed by atoms with Crippen molar-refractivity contribution in [3.8, 4) is 0 Å². The molecule has 0 unspecified atom stereocenters. The number of sulfonamides is 1. The summed E-state index contributed by atoms with van der Waals surface area (Å²) in [5.74, 6) is -1.23. The molecule has 0 radical (unpaired) electrons. The van der Waals surface area contributed by atoms with Crippen LogP contribution in [0.2, 0.25) is 0 Å². The van der Waals surface area contributed by atoms with Crippen molar-refractivity contribution in [2.24, 2.45) is 0 Å². The fourth-order valence-electron chi connectivity index (χ4n) is 3.91. The van der Waals surface area contributed by atoms with Gasteiger partial charge < -0.3 is 10.2 Å². The van der Waals surface area contributed by atoms with Crippen molar-refractivity contribution >= 4 is 27.5 Å². The van der Waals surface area contributed by atoms with E-state index < -0.39 is 39.5 Å². The molecule has 0 saturated heterocycles. The van der Waals surface area contributed by atoms with Crippen LogP contribution in [0.4, 0.5) is 23.2 Å². The molecule has 7 nitrogen and oxygen atoms in total. The van der Waals surface area contributed by atoms with Gasteiger partial charge in [-0.2, -0.15) is 13.2 Å². The van der Waals surface area contributed by atoms with E-state index in [1.165, 1.54) is 35.2 Å². The van der Waals surface area contributed by atoms with Crippen LogP contribution in [0, 0.1) is 5.82 Å². The molecule has 0 saturated carbocycles. The molecular weight excluding hydrogens is 526 g/mol. The highest BCUT2D eigenvalue weighted by Crippen LogP contribution is 2.32. The van der Waals surface area contributed by atoms with Crippen molar-refractivity contribution < 1.29 is 35.6 Å². The quantitative estimate of drug-likeness (QED) is 0.360. The summed E-state index contributed by atoms with van der Waals surface area (Å²) in [6, 6.07) is 8.65. The molecule has 210 valence electrons. The molecular formula is C26H33F4N3O4S. The van der Waals surface area contributed by atoms with E-state index in [0.29, 0.717) is 24.9 Å². The Morgan fingerprint density at radius 1 is 1.05 bits per heavy atom. The molecule has 0 spiro atoms. The average molecular weight is 560 g/mol. The molecule has 0 aliphatic carbocycles. The highest BCUT2D eigenvalue weighted by atomic mass is 32.2. The van der Waals surface area contributed by atoms with Crippen LogP contribution in [0.15, 0.2) is 48.5 Å². The Bertz CT molecular complexity index is 1190. The minimum atomic E-state index is -4.65. The van der Waals surface area contributed by atoms with Gasteiger partial charge in [0.2, 0.25) is 21.8 Å². The van der Waals surface area contributed by atoms with Gasteiger partial charge in [0.05, 0.1) is 17.5 Å². The number of nitrogens with one attached hydrogen (secondary N) is 1. The Hall–Kier alpha value is -3.15. The number of carbonyl (C=O) groups is 2. The van der Waals surface area contributed by atoms with Crippen molar-refractivity contribution in [2.75, 3.05) is 23.7 Å². The maximum atomic E-state index is 13.4. The zero-order valence-corrected chi connectivity index (χ0v) is 22.4. The first-order valence-corrected chi connectivity index (χ1v) is 14.1. The maximum absolute atomic E-state index is 13.4. The summed E-state index contributed by atoms with van der Waals surface area (Å²) < 4.78 is 78.4. The second-order valence-corrected chi connectivity index (χ2v) is 10.8. The van der Waals surface area contributed by atoms with Gasteiger partial charge in [0.1, 0.15) is 11.9 Å². The number of hydrogen-bond acceptors (Lipinski definition) is 4. The summed E-state index contributed by atoms with van der Waals surface area (Å²) >= 11 is 0. The van der Waals surface area contributed by atoms with Crippen LogP contribution in [0.1, 0.15) is 50.7 Å². The number of alkyl halides is 3. The van der Waals surface area contributed by atoms with Gasteiger partial charge in [0.25, 0.3) is 0 Å². The largest absolute Gasteiger partial charge is 0.416 e. The molecule has 0 aliphatic heterocycles. The molecule has 1 atom stereocenters. The number of benzene rings is 2. The lowest BCUT2D eigenvalue weighted by molar-refractivity contribution is -0.141. The molecule has 0 aromatic heterocycles. The highest BCUT2D eigenvalue weighted by Gasteiger charge is 2.32. The number of halogens is 4. The Balaban J connectivity index is 2.24. The monoisotopic (exact) mass is 559 g/mol. The molecule has 2 amide bonds. The number of anilines is 1. The van der Waals surface area contributed by atoms with Crippen molar-refractivity contribution in [1.29, 1.82) is 0 Å². The van der Waals surface area contributed by atoms with Crippen molar-refractivity contribution in [2.45, 2.75) is 58.3 Å². The highest BCUT2D eigenvalue weighted by molar-refractivity contribution is 7.92. The van der Waals surface area contributed by atoms with Gasteiger partial charge >= 0.3 is 6.18 Å². The standard InChI is InChI=1S/C26H33F4N3O4S/c1-4-15-31-25(35)23(5-2)32(18-19-11-13-21(27)14-12-19)24(34)10-7-16-33(38(3,36)37)22-9-6-8-20(17-22)26(28,29)30/h6,8-9,11-14,17,23H,4-5,7,10,15-16,18H2,1-3H3,(H,31,35)/t23-/m0/s1. The Morgan fingerprint density at radius 3 is 2.26 bits per heavy atom. The third-order valence-electron chi connectivity index (χ3n) is 5.81. The number of nitrogens with zero attached hydrogens (tertiary/aromatic N) is 2. The molecule has 2 aromatic rings. The topological polar surface area (TPSA) is 86.8 Å². The van der Waals surface area contributed by atoms with Gasteiger partial charge in [-0.3, -0.25) is 13.9 Å². The second kappa shape index (κ2) is 13.6. The first-order valence-electron chi connectivity index (χ1n) is 12.2. The minimum Gasteiger partial charge on any atom is -0.354 e. The van der Waals surface area contributed by atoms with E-state index in [-0.39, 0.29) is 37.5 Å². The van der Waals surface area contributed by atoms with Crippen molar-refractivity contribution in [3.63, 3.8) is 0 Å². The molecule has 2 aromatic carbocycles. The van der Waals surface area contributed by atoms with Gasteiger partial charge in [0, 0.05) is 26.1 Å². The SMILES string of the molecule is CCCNC(=O)[C@H](CC)N(Cc1ccc(F)cc1)C(=O)CCCN(c1cccc(C(F)(F)F)c1)S(C)(=O)=O. The predicted molar refractivity (Wildman–Crippen MR) is 137 cm³/mol. The van der Waals surface area contributed by atoms with Gasteiger partial charge in [-0.15, -0.1) is 0 Å². The Labute approximate surface area is 220 Å².